The fourth-order valence-electron chi connectivity index (χ4n) is 2.07. The zero-order valence-electron chi connectivity index (χ0n) is 13.1. The summed E-state index contributed by atoms with van der Waals surface area (Å²) in [5.41, 5.74) is 4.29. The minimum absolute atomic E-state index is 0.748. The van der Waals surface area contributed by atoms with Crippen LogP contribution in [-0.2, 0) is 0 Å². The molecule has 0 N–H and O–H groups in total. The van der Waals surface area contributed by atoms with E-state index in [2.05, 4.69) is 20.2 Å². The zero-order valence-corrected chi connectivity index (χ0v) is 13.1. The topological polar surface area (TPSA) is 53.7 Å². The van der Waals surface area contributed by atoms with Crippen LogP contribution in [0.5, 0.6) is 0 Å². The lowest BCUT2D eigenvalue weighted by atomic mass is 10.2. The fraction of sp³-hybridized carbons (Fsp3) is 0.111. The Hall–Kier alpha value is -3.08. The molecular formula is C18H17N5. The largest absolute Gasteiger partial charge is 0.378 e. The normalized spacial score (nSPS) is 10.9. The first-order chi connectivity index (χ1) is 11.2. The second kappa shape index (κ2) is 6.79. The molecule has 0 aliphatic heterocycles. The van der Waals surface area contributed by atoms with Crippen molar-refractivity contribution in [2.24, 2.45) is 10.2 Å². The lowest BCUT2D eigenvalue weighted by molar-refractivity contribution is 1.13. The predicted molar refractivity (Wildman–Crippen MR) is 92.4 cm³/mol. The lowest BCUT2D eigenvalue weighted by Crippen LogP contribution is -2.07. The summed E-state index contributed by atoms with van der Waals surface area (Å²) in [5.74, 6) is 0. The van der Waals surface area contributed by atoms with Gasteiger partial charge in [-0.15, -0.1) is 0 Å². The number of hydrogen-bond donors (Lipinski definition) is 0. The smallest absolute Gasteiger partial charge is 0.0908 e. The van der Waals surface area contributed by atoms with Gasteiger partial charge < -0.3 is 4.90 Å². The minimum atomic E-state index is 0.748. The van der Waals surface area contributed by atoms with Gasteiger partial charge in [-0.1, -0.05) is 6.07 Å². The van der Waals surface area contributed by atoms with Crippen molar-refractivity contribution in [2.75, 3.05) is 19.0 Å². The Kier molecular flexibility index (Phi) is 4.38. The summed E-state index contributed by atoms with van der Waals surface area (Å²) in [4.78, 5) is 10.7. The van der Waals surface area contributed by atoms with Crippen molar-refractivity contribution in [1.29, 1.82) is 0 Å². The minimum Gasteiger partial charge on any atom is -0.378 e. The molecule has 0 bridgehead atoms. The van der Waals surface area contributed by atoms with Crippen LogP contribution in [0.2, 0.25) is 0 Å². The van der Waals surface area contributed by atoms with Gasteiger partial charge in [0.15, 0.2) is 0 Å². The third kappa shape index (κ3) is 3.77. The van der Waals surface area contributed by atoms with Gasteiger partial charge in [0.2, 0.25) is 0 Å². The van der Waals surface area contributed by atoms with E-state index >= 15 is 0 Å². The van der Waals surface area contributed by atoms with E-state index in [1.807, 2.05) is 73.6 Å². The molecule has 1 aromatic carbocycles. The number of nitrogens with zero attached hydrogens (tertiary/aromatic N) is 5. The molecule has 3 aromatic rings. The van der Waals surface area contributed by atoms with E-state index in [0.29, 0.717) is 0 Å². The Morgan fingerprint density at radius 1 is 0.739 bits per heavy atom. The molecular weight excluding hydrogens is 286 g/mol. The van der Waals surface area contributed by atoms with Crippen LogP contribution in [0.4, 0.5) is 17.1 Å². The average Bonchev–Trinajstić information content (AvgIpc) is 2.61. The number of rotatable bonds is 4. The van der Waals surface area contributed by atoms with Crippen LogP contribution in [0.1, 0.15) is 0 Å². The SMILES string of the molecule is CN(C)c1ccc(N=Nc2ccnc(-c3ccccn3)c2)cc1. The third-order valence-corrected chi connectivity index (χ3v) is 3.32. The molecule has 2 aromatic heterocycles. The highest BCUT2D eigenvalue weighted by Crippen LogP contribution is 2.23. The number of pyridine rings is 2. The second-order valence-corrected chi connectivity index (χ2v) is 5.23. The summed E-state index contributed by atoms with van der Waals surface area (Å²) in [6.45, 7) is 0. The van der Waals surface area contributed by atoms with E-state index in [9.17, 15) is 0 Å². The van der Waals surface area contributed by atoms with Gasteiger partial charge in [-0.25, -0.2) is 0 Å². The molecule has 23 heavy (non-hydrogen) atoms. The molecule has 0 amide bonds. The van der Waals surface area contributed by atoms with E-state index < -0.39 is 0 Å². The van der Waals surface area contributed by atoms with E-state index in [1.54, 1.807) is 12.4 Å². The predicted octanol–water partition coefficient (Wildman–Crippen LogP) is 4.63. The number of aromatic nitrogens is 2. The molecule has 2 heterocycles. The molecule has 0 atom stereocenters. The zero-order chi connectivity index (χ0) is 16.1. The van der Waals surface area contributed by atoms with Gasteiger partial charge in [0.1, 0.15) is 0 Å². The molecule has 0 spiro atoms. The van der Waals surface area contributed by atoms with Crippen molar-refractivity contribution in [1.82, 2.24) is 9.97 Å². The van der Waals surface area contributed by atoms with Gasteiger partial charge in [-0.3, -0.25) is 9.97 Å². The summed E-state index contributed by atoms with van der Waals surface area (Å²) in [7, 11) is 4.01. The van der Waals surface area contributed by atoms with Crippen molar-refractivity contribution in [2.45, 2.75) is 0 Å². The third-order valence-electron chi connectivity index (χ3n) is 3.32. The quantitative estimate of drug-likeness (QED) is 0.660. The van der Waals surface area contributed by atoms with E-state index in [0.717, 1.165) is 28.5 Å². The van der Waals surface area contributed by atoms with Gasteiger partial charge in [-0.2, -0.15) is 10.2 Å². The van der Waals surface area contributed by atoms with Crippen LogP contribution >= 0.6 is 0 Å². The van der Waals surface area contributed by atoms with Gasteiger partial charge >= 0.3 is 0 Å². The molecule has 0 saturated carbocycles. The molecule has 114 valence electrons. The molecule has 0 aliphatic rings. The van der Waals surface area contributed by atoms with E-state index in [-0.39, 0.29) is 0 Å². The Morgan fingerprint density at radius 2 is 1.48 bits per heavy atom. The molecule has 3 rings (SSSR count). The first-order valence-electron chi connectivity index (χ1n) is 7.29. The van der Waals surface area contributed by atoms with Crippen LogP contribution in [0.3, 0.4) is 0 Å². The summed E-state index contributed by atoms with van der Waals surface area (Å²) in [6.07, 6.45) is 3.46. The van der Waals surface area contributed by atoms with Gasteiger partial charge in [0, 0.05) is 32.2 Å². The number of hydrogen-bond acceptors (Lipinski definition) is 5. The fourth-order valence-corrected chi connectivity index (χ4v) is 2.07. The number of anilines is 1. The second-order valence-electron chi connectivity index (χ2n) is 5.23. The molecule has 5 heteroatoms. The summed E-state index contributed by atoms with van der Waals surface area (Å²) in [5, 5.41) is 8.55. The summed E-state index contributed by atoms with van der Waals surface area (Å²) in [6, 6.07) is 17.3. The van der Waals surface area contributed by atoms with Crippen LogP contribution in [0.25, 0.3) is 11.4 Å². The molecule has 0 fully saturated rings. The average molecular weight is 303 g/mol. The van der Waals surface area contributed by atoms with Crippen molar-refractivity contribution in [3.05, 3.63) is 67.0 Å². The maximum Gasteiger partial charge on any atom is 0.0908 e. The Morgan fingerprint density at radius 3 is 2.17 bits per heavy atom. The molecule has 0 unspecified atom stereocenters. The van der Waals surface area contributed by atoms with E-state index in [1.165, 1.54) is 0 Å². The van der Waals surface area contributed by atoms with Crippen LogP contribution in [0, 0.1) is 0 Å². The van der Waals surface area contributed by atoms with Crippen molar-refractivity contribution < 1.29 is 0 Å². The highest BCUT2D eigenvalue weighted by molar-refractivity contribution is 5.58. The highest BCUT2D eigenvalue weighted by Gasteiger charge is 2.01. The Labute approximate surface area is 135 Å². The number of azo groups is 1. The van der Waals surface area contributed by atoms with Crippen molar-refractivity contribution in [3.8, 4) is 11.4 Å². The maximum atomic E-state index is 4.33. The Balaban J connectivity index is 1.80. The van der Waals surface area contributed by atoms with Gasteiger partial charge in [-0.05, 0) is 48.5 Å². The molecule has 5 nitrogen and oxygen atoms in total. The highest BCUT2D eigenvalue weighted by atomic mass is 15.1. The lowest BCUT2D eigenvalue weighted by Gasteiger charge is -2.11. The van der Waals surface area contributed by atoms with Gasteiger partial charge in [0.25, 0.3) is 0 Å². The van der Waals surface area contributed by atoms with Crippen LogP contribution < -0.4 is 4.90 Å². The van der Waals surface area contributed by atoms with Crippen molar-refractivity contribution >= 4 is 17.1 Å². The monoisotopic (exact) mass is 303 g/mol. The summed E-state index contributed by atoms with van der Waals surface area (Å²) >= 11 is 0. The first-order valence-corrected chi connectivity index (χ1v) is 7.29. The van der Waals surface area contributed by atoms with Crippen molar-refractivity contribution in [3.63, 3.8) is 0 Å². The summed E-state index contributed by atoms with van der Waals surface area (Å²) < 4.78 is 0. The Bertz CT molecular complexity index is 795. The number of benzene rings is 1. The van der Waals surface area contributed by atoms with Gasteiger partial charge in [0.05, 0.1) is 22.8 Å². The van der Waals surface area contributed by atoms with Crippen LogP contribution in [0.15, 0.2) is 77.2 Å². The molecule has 0 radical (unpaired) electrons. The standard InChI is InChI=1S/C18H17N5/c1-23(2)16-8-6-14(7-9-16)21-22-15-10-12-20-18(13-15)17-5-3-4-11-19-17/h3-13H,1-2H3. The van der Waals surface area contributed by atoms with Crippen LogP contribution in [-0.4, -0.2) is 24.1 Å². The first kappa shape index (κ1) is 14.8. The molecule has 0 aliphatic carbocycles. The molecule has 0 saturated heterocycles. The maximum absolute atomic E-state index is 4.33. The van der Waals surface area contributed by atoms with E-state index in [4.69, 9.17) is 0 Å².